The van der Waals surface area contributed by atoms with Gasteiger partial charge >= 0.3 is 0 Å². The molecule has 1 aromatic rings. The molecular weight excluding hydrogens is 291 g/mol. The highest BCUT2D eigenvalue weighted by Crippen LogP contribution is 2.29. The molecule has 0 spiro atoms. The van der Waals surface area contributed by atoms with Crippen LogP contribution in [0.15, 0.2) is 18.2 Å². The van der Waals surface area contributed by atoms with E-state index in [1.165, 1.54) is 0 Å². The van der Waals surface area contributed by atoms with Crippen LogP contribution in [0.5, 0.6) is 5.75 Å². The minimum Gasteiger partial charge on any atom is -0.489 e. The van der Waals surface area contributed by atoms with E-state index < -0.39 is 0 Å². The zero-order chi connectivity index (χ0) is 12.0. The summed E-state index contributed by atoms with van der Waals surface area (Å²) in [7, 11) is 0. The number of benzene rings is 1. The smallest absolute Gasteiger partial charge is 0.142 e. The van der Waals surface area contributed by atoms with Gasteiger partial charge in [0.15, 0.2) is 0 Å². The van der Waals surface area contributed by atoms with Crippen molar-refractivity contribution in [1.29, 1.82) is 0 Å². The second-order valence-electron chi connectivity index (χ2n) is 3.63. The van der Waals surface area contributed by atoms with Crippen LogP contribution >= 0.6 is 27.5 Å². The molecular formula is C12H16BrClO2. The van der Waals surface area contributed by atoms with Crippen molar-refractivity contribution in [3.05, 3.63) is 28.8 Å². The lowest BCUT2D eigenvalue weighted by atomic mass is 10.2. The average molecular weight is 308 g/mol. The predicted molar refractivity (Wildman–Crippen MR) is 70.7 cm³/mol. The molecule has 0 aromatic heterocycles. The Labute approximate surface area is 110 Å². The van der Waals surface area contributed by atoms with Gasteiger partial charge in [-0.1, -0.05) is 39.7 Å². The van der Waals surface area contributed by atoms with Gasteiger partial charge in [-0.05, 0) is 19.9 Å². The molecule has 0 saturated heterocycles. The molecule has 0 atom stereocenters. The van der Waals surface area contributed by atoms with E-state index in [2.05, 4.69) is 15.9 Å². The number of hydrogen-bond donors (Lipinski definition) is 0. The molecule has 0 unspecified atom stereocenters. The van der Waals surface area contributed by atoms with E-state index in [0.717, 1.165) is 16.6 Å². The minimum absolute atomic E-state index is 0.227. The fourth-order valence-electron chi connectivity index (χ4n) is 1.25. The van der Waals surface area contributed by atoms with Crippen molar-refractivity contribution in [2.75, 3.05) is 13.2 Å². The first-order chi connectivity index (χ1) is 7.65. The van der Waals surface area contributed by atoms with E-state index in [0.29, 0.717) is 18.2 Å². The Hall–Kier alpha value is -0.250. The van der Waals surface area contributed by atoms with E-state index >= 15 is 0 Å². The number of rotatable bonds is 6. The summed E-state index contributed by atoms with van der Waals surface area (Å²) < 4.78 is 11.0. The summed E-state index contributed by atoms with van der Waals surface area (Å²) >= 11 is 9.47. The van der Waals surface area contributed by atoms with Gasteiger partial charge in [0.2, 0.25) is 0 Å². The summed E-state index contributed by atoms with van der Waals surface area (Å²) in [5.41, 5.74) is 1.05. The molecule has 0 N–H and O–H groups in total. The zero-order valence-electron chi connectivity index (χ0n) is 9.50. The van der Waals surface area contributed by atoms with Crippen LogP contribution in [0.2, 0.25) is 5.02 Å². The lowest BCUT2D eigenvalue weighted by Crippen LogP contribution is -2.12. The molecule has 1 rings (SSSR count). The highest BCUT2D eigenvalue weighted by molar-refractivity contribution is 9.08. The van der Waals surface area contributed by atoms with Gasteiger partial charge in [0, 0.05) is 10.9 Å². The molecule has 0 radical (unpaired) electrons. The molecule has 4 heteroatoms. The van der Waals surface area contributed by atoms with Crippen molar-refractivity contribution in [2.24, 2.45) is 0 Å². The third-order valence-corrected chi connectivity index (χ3v) is 2.88. The Bertz CT molecular complexity index is 329. The largest absolute Gasteiger partial charge is 0.489 e. The average Bonchev–Trinajstić information content (AvgIpc) is 2.25. The van der Waals surface area contributed by atoms with Crippen LogP contribution in [-0.4, -0.2) is 19.3 Å². The number of para-hydroxylation sites is 1. The maximum absolute atomic E-state index is 6.06. The molecule has 0 fully saturated rings. The molecule has 0 aliphatic carbocycles. The summed E-state index contributed by atoms with van der Waals surface area (Å²) in [4.78, 5) is 0. The van der Waals surface area contributed by atoms with Crippen LogP contribution in [0.3, 0.4) is 0 Å². The molecule has 16 heavy (non-hydrogen) atoms. The number of ether oxygens (including phenoxy) is 2. The second-order valence-corrected chi connectivity index (χ2v) is 4.60. The second kappa shape index (κ2) is 7.15. The summed E-state index contributed by atoms with van der Waals surface area (Å²) in [5.74, 6) is 0.744. The Morgan fingerprint density at radius 3 is 2.69 bits per heavy atom. The number of alkyl halides is 1. The standard InChI is InChI=1S/C12H16BrClO2/c1-9(2)15-6-7-16-12-10(8-13)4-3-5-11(12)14/h3-5,9H,6-8H2,1-2H3. The zero-order valence-corrected chi connectivity index (χ0v) is 11.8. The van der Waals surface area contributed by atoms with E-state index in [1.807, 2.05) is 32.0 Å². The van der Waals surface area contributed by atoms with Gasteiger partial charge in [0.1, 0.15) is 12.4 Å². The maximum atomic E-state index is 6.06. The van der Waals surface area contributed by atoms with Crippen LogP contribution < -0.4 is 4.74 Å². The van der Waals surface area contributed by atoms with Gasteiger partial charge in [0.05, 0.1) is 17.7 Å². The van der Waals surface area contributed by atoms with Crippen LogP contribution in [0.25, 0.3) is 0 Å². The van der Waals surface area contributed by atoms with Gasteiger partial charge in [-0.3, -0.25) is 0 Å². The van der Waals surface area contributed by atoms with E-state index in [9.17, 15) is 0 Å². The van der Waals surface area contributed by atoms with Crippen molar-refractivity contribution in [3.63, 3.8) is 0 Å². The Morgan fingerprint density at radius 2 is 2.06 bits per heavy atom. The molecule has 0 saturated carbocycles. The van der Waals surface area contributed by atoms with Crippen molar-refractivity contribution < 1.29 is 9.47 Å². The van der Waals surface area contributed by atoms with Crippen LogP contribution in [-0.2, 0) is 10.1 Å². The molecule has 0 heterocycles. The predicted octanol–water partition coefficient (Wildman–Crippen LogP) is 4.04. The van der Waals surface area contributed by atoms with Crippen LogP contribution in [0.1, 0.15) is 19.4 Å². The Balaban J connectivity index is 2.52. The van der Waals surface area contributed by atoms with Gasteiger partial charge in [0.25, 0.3) is 0 Å². The Morgan fingerprint density at radius 1 is 1.31 bits per heavy atom. The summed E-state index contributed by atoms with van der Waals surface area (Å²) in [6, 6.07) is 5.72. The maximum Gasteiger partial charge on any atom is 0.142 e. The number of hydrogen-bond acceptors (Lipinski definition) is 2. The highest BCUT2D eigenvalue weighted by atomic mass is 79.9. The van der Waals surface area contributed by atoms with Crippen LogP contribution in [0.4, 0.5) is 0 Å². The fraction of sp³-hybridized carbons (Fsp3) is 0.500. The van der Waals surface area contributed by atoms with Gasteiger partial charge in [-0.25, -0.2) is 0 Å². The lowest BCUT2D eigenvalue weighted by Gasteiger charge is -2.12. The van der Waals surface area contributed by atoms with Crippen molar-refractivity contribution in [3.8, 4) is 5.75 Å². The van der Waals surface area contributed by atoms with Crippen LogP contribution in [0, 0.1) is 0 Å². The summed E-state index contributed by atoms with van der Waals surface area (Å²) in [5, 5.41) is 1.37. The quantitative estimate of drug-likeness (QED) is 0.583. The van der Waals surface area contributed by atoms with Gasteiger partial charge < -0.3 is 9.47 Å². The fourth-order valence-corrected chi connectivity index (χ4v) is 1.94. The SMILES string of the molecule is CC(C)OCCOc1c(Cl)cccc1CBr. The third kappa shape index (κ3) is 4.32. The van der Waals surface area contributed by atoms with Crippen molar-refractivity contribution in [1.82, 2.24) is 0 Å². The Kier molecular flexibility index (Phi) is 6.17. The van der Waals surface area contributed by atoms with Gasteiger partial charge in [-0.15, -0.1) is 0 Å². The first-order valence-corrected chi connectivity index (χ1v) is 6.73. The molecule has 0 bridgehead atoms. The summed E-state index contributed by atoms with van der Waals surface area (Å²) in [6.07, 6.45) is 0.227. The first kappa shape index (κ1) is 13.8. The molecule has 1 aromatic carbocycles. The van der Waals surface area contributed by atoms with Crippen molar-refractivity contribution >= 4 is 27.5 Å². The third-order valence-electron chi connectivity index (χ3n) is 1.97. The van der Waals surface area contributed by atoms with E-state index in [-0.39, 0.29) is 6.10 Å². The number of halogens is 2. The van der Waals surface area contributed by atoms with Crippen molar-refractivity contribution in [2.45, 2.75) is 25.3 Å². The highest BCUT2D eigenvalue weighted by Gasteiger charge is 2.07. The lowest BCUT2D eigenvalue weighted by molar-refractivity contribution is 0.0551. The molecule has 0 amide bonds. The molecule has 0 aliphatic rings. The van der Waals surface area contributed by atoms with E-state index in [1.54, 1.807) is 0 Å². The molecule has 90 valence electrons. The van der Waals surface area contributed by atoms with E-state index in [4.69, 9.17) is 21.1 Å². The first-order valence-electron chi connectivity index (χ1n) is 5.23. The molecule has 0 aliphatic heterocycles. The topological polar surface area (TPSA) is 18.5 Å². The monoisotopic (exact) mass is 306 g/mol. The normalized spacial score (nSPS) is 10.8. The van der Waals surface area contributed by atoms with Gasteiger partial charge in [-0.2, -0.15) is 0 Å². The molecule has 2 nitrogen and oxygen atoms in total. The summed E-state index contributed by atoms with van der Waals surface area (Å²) in [6.45, 7) is 5.09. The minimum atomic E-state index is 0.227.